The van der Waals surface area contributed by atoms with Crippen LogP contribution in [0.1, 0.15) is 12.8 Å². The second-order valence-electron chi connectivity index (χ2n) is 5.08. The molecule has 9 heteroatoms. The van der Waals surface area contributed by atoms with Gasteiger partial charge in [0.2, 0.25) is 15.9 Å². The fourth-order valence-corrected chi connectivity index (χ4v) is 3.20. The molecule has 8 nitrogen and oxygen atoms in total. The van der Waals surface area contributed by atoms with Crippen molar-refractivity contribution >= 4 is 21.9 Å². The number of carbonyl (C=O) groups excluding carboxylic acids is 1. The van der Waals surface area contributed by atoms with Gasteiger partial charge in [-0.1, -0.05) is 0 Å². The molecular weight excluding hydrogens is 300 g/mol. The minimum atomic E-state index is -3.23. The lowest BCUT2D eigenvalue weighted by Gasteiger charge is -2.32. The number of hydrogen-bond donors (Lipinski definition) is 1. The van der Waals surface area contributed by atoms with Gasteiger partial charge in [0.1, 0.15) is 6.54 Å². The van der Waals surface area contributed by atoms with Gasteiger partial charge in [0.15, 0.2) is 0 Å². The normalized spacial score (nSPS) is 17.6. The maximum atomic E-state index is 12.3. The third-order valence-corrected chi connectivity index (χ3v) is 4.78. The highest BCUT2D eigenvalue weighted by atomic mass is 32.2. The average Bonchev–Trinajstić information content (AvgIpc) is 2.41. The monoisotopic (exact) mass is 322 g/mol. The molecule has 1 N–H and O–H groups in total. The molecule has 0 spiro atoms. The molecule has 1 aliphatic heterocycles. The van der Waals surface area contributed by atoms with E-state index in [-0.39, 0.29) is 31.5 Å². The van der Waals surface area contributed by atoms with Gasteiger partial charge in [-0.25, -0.2) is 12.7 Å². The maximum absolute atomic E-state index is 12.3. The average molecular weight is 322 g/mol. The molecule has 122 valence electrons. The summed E-state index contributed by atoms with van der Waals surface area (Å²) >= 11 is 0. The van der Waals surface area contributed by atoms with Crippen LogP contribution in [0.2, 0.25) is 0 Å². The van der Waals surface area contributed by atoms with Crippen molar-refractivity contribution < 1.29 is 27.9 Å². The first-order valence-corrected chi connectivity index (χ1v) is 8.55. The summed E-state index contributed by atoms with van der Waals surface area (Å²) in [5.74, 6) is -1.66. The van der Waals surface area contributed by atoms with E-state index in [0.29, 0.717) is 25.9 Å². The Kier molecular flexibility index (Phi) is 6.56. The maximum Gasteiger partial charge on any atom is 0.323 e. The Hall–Kier alpha value is -1.19. The van der Waals surface area contributed by atoms with Crippen LogP contribution in [-0.4, -0.2) is 80.8 Å². The summed E-state index contributed by atoms with van der Waals surface area (Å²) in [6.45, 7) is 0.699. The molecule has 0 radical (unpaired) electrons. The van der Waals surface area contributed by atoms with E-state index >= 15 is 0 Å². The van der Waals surface area contributed by atoms with Crippen LogP contribution >= 0.6 is 0 Å². The molecular formula is C12H22N2O6S. The van der Waals surface area contributed by atoms with Crippen molar-refractivity contribution in [2.45, 2.75) is 12.8 Å². The van der Waals surface area contributed by atoms with E-state index in [0.717, 1.165) is 6.26 Å². The van der Waals surface area contributed by atoms with Crippen molar-refractivity contribution in [2.75, 3.05) is 46.2 Å². The number of carboxylic acid groups (broad SMARTS) is 1. The fourth-order valence-electron chi connectivity index (χ4n) is 2.32. The fraction of sp³-hybridized carbons (Fsp3) is 0.833. The topological polar surface area (TPSA) is 104 Å². The molecule has 1 aliphatic rings. The zero-order chi connectivity index (χ0) is 16.0. The van der Waals surface area contributed by atoms with Gasteiger partial charge in [-0.3, -0.25) is 9.59 Å². The standard InChI is InChI=1S/C12H22N2O6S/c1-20-8-7-13(9-11(15)16)12(17)10-3-5-14(6-4-10)21(2,18)19/h10H,3-9H2,1-2H3,(H,15,16). The van der Waals surface area contributed by atoms with E-state index < -0.39 is 16.0 Å². The number of ether oxygens (including phenoxy) is 1. The lowest BCUT2D eigenvalue weighted by molar-refractivity contribution is -0.147. The first kappa shape index (κ1) is 17.9. The molecule has 0 atom stereocenters. The first-order valence-electron chi connectivity index (χ1n) is 6.70. The smallest absolute Gasteiger partial charge is 0.323 e. The number of carbonyl (C=O) groups is 2. The van der Waals surface area contributed by atoms with Gasteiger partial charge in [-0.15, -0.1) is 0 Å². The molecule has 0 aromatic heterocycles. The molecule has 0 unspecified atom stereocenters. The molecule has 0 aliphatic carbocycles. The van der Waals surface area contributed by atoms with Crippen LogP contribution < -0.4 is 0 Å². The molecule has 0 saturated carbocycles. The van der Waals surface area contributed by atoms with Gasteiger partial charge in [0.25, 0.3) is 0 Å². The minimum absolute atomic E-state index is 0.216. The van der Waals surface area contributed by atoms with Crippen molar-refractivity contribution in [2.24, 2.45) is 5.92 Å². The van der Waals surface area contributed by atoms with Gasteiger partial charge in [0, 0.05) is 32.7 Å². The van der Waals surface area contributed by atoms with Crippen molar-refractivity contribution in [1.82, 2.24) is 9.21 Å². The number of piperidine rings is 1. The summed E-state index contributed by atoms with van der Waals surface area (Å²) in [5, 5.41) is 8.86. The largest absolute Gasteiger partial charge is 0.480 e. The summed E-state index contributed by atoms with van der Waals surface area (Å²) in [6.07, 6.45) is 1.97. The van der Waals surface area contributed by atoms with Crippen LogP contribution in [0.4, 0.5) is 0 Å². The lowest BCUT2D eigenvalue weighted by atomic mass is 9.96. The number of hydrogen-bond acceptors (Lipinski definition) is 5. The Labute approximate surface area is 124 Å². The molecule has 1 rings (SSSR count). The van der Waals surface area contributed by atoms with Crippen LogP contribution in [0.15, 0.2) is 0 Å². The van der Waals surface area contributed by atoms with Crippen molar-refractivity contribution in [3.63, 3.8) is 0 Å². The second kappa shape index (κ2) is 7.71. The number of methoxy groups -OCH3 is 1. The summed E-state index contributed by atoms with van der Waals surface area (Å²) in [7, 11) is -1.75. The Morgan fingerprint density at radius 1 is 1.33 bits per heavy atom. The van der Waals surface area contributed by atoms with E-state index in [1.54, 1.807) is 0 Å². The Bertz CT molecular complexity index is 470. The van der Waals surface area contributed by atoms with Gasteiger partial charge in [-0.2, -0.15) is 0 Å². The third-order valence-electron chi connectivity index (χ3n) is 3.48. The predicted molar refractivity (Wildman–Crippen MR) is 75.2 cm³/mol. The van der Waals surface area contributed by atoms with E-state index in [2.05, 4.69) is 0 Å². The van der Waals surface area contributed by atoms with Gasteiger partial charge >= 0.3 is 5.97 Å². The zero-order valence-electron chi connectivity index (χ0n) is 12.3. The molecule has 1 saturated heterocycles. The summed E-state index contributed by atoms with van der Waals surface area (Å²) in [4.78, 5) is 24.4. The van der Waals surface area contributed by atoms with Crippen LogP contribution in [0.25, 0.3) is 0 Å². The van der Waals surface area contributed by atoms with Crippen molar-refractivity contribution in [3.8, 4) is 0 Å². The molecule has 1 fully saturated rings. The van der Waals surface area contributed by atoms with Crippen molar-refractivity contribution in [3.05, 3.63) is 0 Å². The summed E-state index contributed by atoms with van der Waals surface area (Å²) in [6, 6.07) is 0. The van der Waals surface area contributed by atoms with Crippen LogP contribution in [0, 0.1) is 5.92 Å². The highest BCUT2D eigenvalue weighted by molar-refractivity contribution is 7.88. The molecule has 0 aromatic carbocycles. The van der Waals surface area contributed by atoms with Crippen LogP contribution in [0.5, 0.6) is 0 Å². The second-order valence-corrected chi connectivity index (χ2v) is 7.07. The van der Waals surface area contributed by atoms with Gasteiger partial charge in [0.05, 0.1) is 12.9 Å². The lowest BCUT2D eigenvalue weighted by Crippen LogP contribution is -2.46. The molecule has 1 heterocycles. The van der Waals surface area contributed by atoms with Crippen molar-refractivity contribution in [1.29, 1.82) is 0 Å². The Morgan fingerprint density at radius 3 is 2.33 bits per heavy atom. The van der Waals surface area contributed by atoms with Crippen LogP contribution in [-0.2, 0) is 24.3 Å². The van der Waals surface area contributed by atoms with Gasteiger partial charge < -0.3 is 14.7 Å². The summed E-state index contributed by atoms with van der Waals surface area (Å²) < 4.78 is 29.1. The molecule has 21 heavy (non-hydrogen) atoms. The van der Waals surface area contributed by atoms with E-state index in [1.807, 2.05) is 0 Å². The molecule has 0 aromatic rings. The van der Waals surface area contributed by atoms with E-state index in [1.165, 1.54) is 16.3 Å². The molecule has 0 bridgehead atoms. The van der Waals surface area contributed by atoms with E-state index in [4.69, 9.17) is 9.84 Å². The Morgan fingerprint density at radius 2 is 1.90 bits per heavy atom. The summed E-state index contributed by atoms with van der Waals surface area (Å²) in [5.41, 5.74) is 0. The quantitative estimate of drug-likeness (QED) is 0.659. The zero-order valence-corrected chi connectivity index (χ0v) is 13.1. The predicted octanol–water partition coefficient (Wildman–Crippen LogP) is -0.782. The first-order chi connectivity index (χ1) is 9.75. The van der Waals surface area contributed by atoms with Crippen LogP contribution in [0.3, 0.4) is 0 Å². The number of carboxylic acids is 1. The number of sulfonamides is 1. The number of rotatable bonds is 7. The number of nitrogens with zero attached hydrogens (tertiary/aromatic N) is 2. The SMILES string of the molecule is COCCN(CC(=O)O)C(=O)C1CCN(S(C)(=O)=O)CC1. The Balaban J connectivity index is 2.62. The number of amides is 1. The van der Waals surface area contributed by atoms with Gasteiger partial charge in [-0.05, 0) is 12.8 Å². The molecule has 1 amide bonds. The third kappa shape index (κ3) is 5.60. The van der Waals surface area contributed by atoms with E-state index in [9.17, 15) is 18.0 Å². The number of aliphatic carboxylic acids is 1. The highest BCUT2D eigenvalue weighted by Gasteiger charge is 2.31. The highest BCUT2D eigenvalue weighted by Crippen LogP contribution is 2.21. The minimum Gasteiger partial charge on any atom is -0.480 e.